The van der Waals surface area contributed by atoms with Gasteiger partial charge in [0.1, 0.15) is 0 Å². The van der Waals surface area contributed by atoms with Crippen LogP contribution < -0.4 is 0 Å². The standard InChI is InChI=1S/C37H24S/c1-23-9-8-16-32-33-22-27(19-20-34(33)38-37(23)32)36-30-14-6-4-12-28(30)35(29-13-5-7-15-31(29)36)26-18-17-24-10-2-3-11-25(24)21-26/h2-22H,1H3/i2D. The zero-order valence-electron chi connectivity index (χ0n) is 22.0. The molecule has 7 aromatic carbocycles. The minimum absolute atomic E-state index is 0.543. The molecule has 178 valence electrons. The van der Waals surface area contributed by atoms with Gasteiger partial charge < -0.3 is 0 Å². The first-order chi connectivity index (χ1) is 19.2. The van der Waals surface area contributed by atoms with Crippen molar-refractivity contribution >= 4 is 63.8 Å². The molecule has 8 rings (SSSR count). The molecule has 0 nitrogen and oxygen atoms in total. The van der Waals surface area contributed by atoms with Crippen LogP contribution in [0.3, 0.4) is 0 Å². The largest absolute Gasteiger partial charge is 0.135 e. The van der Waals surface area contributed by atoms with Crippen LogP contribution in [0.1, 0.15) is 6.93 Å². The predicted octanol–water partition coefficient (Wildman–Crippen LogP) is 11.2. The van der Waals surface area contributed by atoms with E-state index in [1.54, 1.807) is 0 Å². The van der Waals surface area contributed by atoms with E-state index in [9.17, 15) is 0 Å². The van der Waals surface area contributed by atoms with E-state index in [1.165, 1.54) is 69.5 Å². The number of thiophene rings is 1. The van der Waals surface area contributed by atoms with Crippen molar-refractivity contribution in [2.75, 3.05) is 0 Å². The lowest BCUT2D eigenvalue weighted by atomic mass is 9.85. The molecule has 0 spiro atoms. The molecule has 0 saturated carbocycles. The third kappa shape index (κ3) is 3.16. The Morgan fingerprint density at radius 1 is 0.500 bits per heavy atom. The van der Waals surface area contributed by atoms with E-state index in [-0.39, 0.29) is 0 Å². The minimum atomic E-state index is 0.543. The van der Waals surface area contributed by atoms with E-state index in [1.807, 2.05) is 23.5 Å². The quantitative estimate of drug-likeness (QED) is 0.207. The lowest BCUT2D eigenvalue weighted by Gasteiger charge is -2.18. The molecule has 0 radical (unpaired) electrons. The zero-order valence-corrected chi connectivity index (χ0v) is 21.8. The van der Waals surface area contributed by atoms with Gasteiger partial charge in [-0.2, -0.15) is 0 Å². The molecule has 1 heteroatoms. The highest BCUT2D eigenvalue weighted by atomic mass is 32.1. The van der Waals surface area contributed by atoms with Crippen LogP contribution in [-0.4, -0.2) is 0 Å². The van der Waals surface area contributed by atoms with E-state index in [0.717, 1.165) is 10.8 Å². The van der Waals surface area contributed by atoms with Crippen LogP contribution in [0.15, 0.2) is 127 Å². The van der Waals surface area contributed by atoms with Crippen LogP contribution in [0.2, 0.25) is 0 Å². The topological polar surface area (TPSA) is 0 Å². The first-order valence-corrected chi connectivity index (χ1v) is 13.8. The second-order valence-corrected chi connectivity index (χ2v) is 11.1. The summed E-state index contributed by atoms with van der Waals surface area (Å²) in [5, 5.41) is 9.98. The van der Waals surface area contributed by atoms with Gasteiger partial charge in [0.05, 0.1) is 1.37 Å². The Hall–Kier alpha value is -4.46. The average Bonchev–Trinajstić information content (AvgIpc) is 3.35. The van der Waals surface area contributed by atoms with Crippen molar-refractivity contribution in [3.8, 4) is 22.3 Å². The highest BCUT2D eigenvalue weighted by molar-refractivity contribution is 7.26. The molecule has 38 heavy (non-hydrogen) atoms. The number of aryl methyl sites for hydroxylation is 1. The second-order valence-electron chi connectivity index (χ2n) is 10.1. The Labute approximate surface area is 226 Å². The van der Waals surface area contributed by atoms with Gasteiger partial charge in [-0.3, -0.25) is 0 Å². The second kappa shape index (κ2) is 8.28. The van der Waals surface area contributed by atoms with Gasteiger partial charge in [-0.05, 0) is 85.3 Å². The summed E-state index contributed by atoms with van der Waals surface area (Å²) in [6, 6.07) is 44.4. The monoisotopic (exact) mass is 501 g/mol. The van der Waals surface area contributed by atoms with Crippen molar-refractivity contribution < 1.29 is 1.37 Å². The first kappa shape index (κ1) is 20.6. The molecule has 0 fully saturated rings. The summed E-state index contributed by atoms with van der Waals surface area (Å²) >= 11 is 1.89. The Morgan fingerprint density at radius 2 is 1.13 bits per heavy atom. The fourth-order valence-electron chi connectivity index (χ4n) is 6.13. The smallest absolute Gasteiger partial charge is 0.0623 e. The SMILES string of the molecule is [2H]c1ccc2cc(-c3c4ccccc4c(-c4ccc5sc6c(C)cccc6c5c4)c4ccccc34)ccc2c1. The van der Waals surface area contributed by atoms with Crippen molar-refractivity contribution in [1.29, 1.82) is 0 Å². The number of fused-ring (bicyclic) bond motifs is 6. The highest BCUT2D eigenvalue weighted by Crippen LogP contribution is 2.45. The van der Waals surface area contributed by atoms with Crippen molar-refractivity contribution in [3.63, 3.8) is 0 Å². The first-order valence-electron chi connectivity index (χ1n) is 13.5. The molecule has 1 aromatic heterocycles. The van der Waals surface area contributed by atoms with Crippen molar-refractivity contribution in [2.24, 2.45) is 0 Å². The molecule has 0 unspecified atom stereocenters. The Morgan fingerprint density at radius 3 is 1.84 bits per heavy atom. The van der Waals surface area contributed by atoms with Gasteiger partial charge in [-0.15, -0.1) is 11.3 Å². The van der Waals surface area contributed by atoms with Crippen LogP contribution in [0.4, 0.5) is 0 Å². The minimum Gasteiger partial charge on any atom is -0.135 e. The van der Waals surface area contributed by atoms with Crippen LogP contribution >= 0.6 is 11.3 Å². The predicted molar refractivity (Wildman–Crippen MR) is 167 cm³/mol. The van der Waals surface area contributed by atoms with E-state index in [2.05, 4.69) is 116 Å². The van der Waals surface area contributed by atoms with Gasteiger partial charge in [-0.1, -0.05) is 109 Å². The van der Waals surface area contributed by atoms with E-state index < -0.39 is 0 Å². The van der Waals surface area contributed by atoms with Gasteiger partial charge in [0, 0.05) is 20.2 Å². The normalized spacial score (nSPS) is 12.2. The third-order valence-corrected chi connectivity index (χ3v) is 9.21. The molecule has 0 saturated heterocycles. The number of benzene rings is 7. The van der Waals surface area contributed by atoms with Crippen LogP contribution in [-0.2, 0) is 0 Å². The molecular weight excluding hydrogens is 476 g/mol. The molecule has 1 heterocycles. The van der Waals surface area contributed by atoms with E-state index in [0.29, 0.717) is 6.04 Å². The average molecular weight is 502 g/mol. The molecule has 0 aliphatic rings. The number of rotatable bonds is 2. The summed E-state index contributed by atoms with van der Waals surface area (Å²) in [7, 11) is 0. The van der Waals surface area contributed by atoms with Gasteiger partial charge in [0.25, 0.3) is 0 Å². The van der Waals surface area contributed by atoms with Crippen molar-refractivity contribution in [3.05, 3.63) is 133 Å². The molecular formula is C37H24S. The Balaban J connectivity index is 1.46. The van der Waals surface area contributed by atoms with Gasteiger partial charge in [-0.25, -0.2) is 0 Å². The van der Waals surface area contributed by atoms with Gasteiger partial charge in [0.15, 0.2) is 0 Å². The molecule has 0 amide bonds. The molecule has 0 N–H and O–H groups in total. The summed E-state index contributed by atoms with van der Waals surface area (Å²) in [6.07, 6.45) is 0. The maximum Gasteiger partial charge on any atom is 0.0623 e. The van der Waals surface area contributed by atoms with Gasteiger partial charge in [0.2, 0.25) is 0 Å². The summed E-state index contributed by atoms with van der Waals surface area (Å²) in [6.45, 7) is 2.21. The highest BCUT2D eigenvalue weighted by Gasteiger charge is 2.17. The maximum atomic E-state index is 8.01. The van der Waals surface area contributed by atoms with Crippen LogP contribution in [0.25, 0.3) is 74.7 Å². The lowest BCUT2D eigenvalue weighted by Crippen LogP contribution is -1.91. The summed E-state index contributed by atoms with van der Waals surface area (Å²) in [5.41, 5.74) is 6.35. The third-order valence-electron chi connectivity index (χ3n) is 7.89. The molecule has 0 aliphatic heterocycles. The Bertz CT molecular complexity index is 2200. The number of hydrogen-bond acceptors (Lipinski definition) is 1. The summed E-state index contributed by atoms with van der Waals surface area (Å²) in [5.74, 6) is 0. The molecule has 0 bridgehead atoms. The zero-order chi connectivity index (χ0) is 26.1. The molecule has 0 atom stereocenters. The molecule has 0 aliphatic carbocycles. The summed E-state index contributed by atoms with van der Waals surface area (Å²) in [4.78, 5) is 0. The maximum absolute atomic E-state index is 8.01. The van der Waals surface area contributed by atoms with Crippen LogP contribution in [0, 0.1) is 6.92 Å². The van der Waals surface area contributed by atoms with Crippen LogP contribution in [0.5, 0.6) is 0 Å². The number of hydrogen-bond donors (Lipinski definition) is 0. The molecule has 8 aromatic rings. The summed E-state index contributed by atoms with van der Waals surface area (Å²) < 4.78 is 10.7. The Kier molecular flexibility index (Phi) is 4.48. The van der Waals surface area contributed by atoms with Crippen molar-refractivity contribution in [2.45, 2.75) is 6.92 Å². The van der Waals surface area contributed by atoms with E-state index >= 15 is 0 Å². The fourth-order valence-corrected chi connectivity index (χ4v) is 7.28. The fraction of sp³-hybridized carbons (Fsp3) is 0.0270. The lowest BCUT2D eigenvalue weighted by molar-refractivity contribution is 1.56. The van der Waals surface area contributed by atoms with E-state index in [4.69, 9.17) is 1.37 Å². The van der Waals surface area contributed by atoms with Crippen molar-refractivity contribution in [1.82, 2.24) is 0 Å². The van der Waals surface area contributed by atoms with Gasteiger partial charge >= 0.3 is 0 Å².